The van der Waals surface area contributed by atoms with E-state index in [0.29, 0.717) is 0 Å². The van der Waals surface area contributed by atoms with Gasteiger partial charge in [-0.15, -0.1) is 0 Å². The highest BCUT2D eigenvalue weighted by Gasteiger charge is 2.19. The number of hydrogen-bond acceptors (Lipinski definition) is 2. The first-order chi connectivity index (χ1) is 4.86. The topological polar surface area (TPSA) is 26.3 Å². The van der Waals surface area contributed by atoms with Crippen molar-refractivity contribution in [1.82, 2.24) is 0 Å². The van der Waals surface area contributed by atoms with Gasteiger partial charge in [0, 0.05) is 0 Å². The molecule has 1 aliphatic carbocycles. The maximum Gasteiger partial charge on any atom is 0.193 e. The molecule has 0 N–H and O–H groups in total. The molecule has 0 amide bonds. The van der Waals surface area contributed by atoms with Crippen LogP contribution >= 0.6 is 0 Å². The Hall–Kier alpha value is -1.05. The zero-order valence-corrected chi connectivity index (χ0v) is 5.59. The summed E-state index contributed by atoms with van der Waals surface area (Å²) in [6, 6.07) is 0. The lowest BCUT2D eigenvalue weighted by Gasteiger charge is -2.11. The van der Waals surface area contributed by atoms with E-state index in [1.807, 2.05) is 6.08 Å². The molecule has 0 unspecified atom stereocenters. The predicted octanol–water partition coefficient (Wildman–Crippen LogP) is 1.19. The van der Waals surface area contributed by atoms with E-state index in [1.54, 1.807) is 6.08 Å². The van der Waals surface area contributed by atoms with E-state index < -0.39 is 0 Å². The highest BCUT2D eigenvalue weighted by molar-refractivity contribution is 5.93. The number of fused-ring (bicyclic) bond motifs is 1. The second kappa shape index (κ2) is 1.97. The van der Waals surface area contributed by atoms with Crippen LogP contribution in [-0.2, 0) is 9.53 Å². The van der Waals surface area contributed by atoms with E-state index in [4.69, 9.17) is 4.74 Å². The Bertz CT molecular complexity index is 236. The van der Waals surface area contributed by atoms with Gasteiger partial charge in [-0.05, 0) is 30.6 Å². The summed E-state index contributed by atoms with van der Waals surface area (Å²) in [6.07, 6.45) is 5.73. The number of allylic oxidation sites excluding steroid dienone is 2. The maximum absolute atomic E-state index is 10.8. The van der Waals surface area contributed by atoms with Crippen LogP contribution in [0, 0.1) is 0 Å². The van der Waals surface area contributed by atoms with Crippen molar-refractivity contribution in [3.8, 4) is 0 Å². The summed E-state index contributed by atoms with van der Waals surface area (Å²) in [5.41, 5.74) is 1.08. The van der Waals surface area contributed by atoms with Gasteiger partial charge in [-0.3, -0.25) is 4.79 Å². The zero-order chi connectivity index (χ0) is 6.97. The Kier molecular flexibility index (Phi) is 1.13. The van der Waals surface area contributed by atoms with E-state index >= 15 is 0 Å². The third-order valence-electron chi connectivity index (χ3n) is 1.77. The minimum absolute atomic E-state index is 0.0917. The highest BCUT2D eigenvalue weighted by atomic mass is 16.5. The van der Waals surface area contributed by atoms with Crippen molar-refractivity contribution in [3.05, 3.63) is 23.5 Å². The largest absolute Gasteiger partial charge is 0.486 e. The van der Waals surface area contributed by atoms with Crippen molar-refractivity contribution in [2.75, 3.05) is 6.61 Å². The van der Waals surface area contributed by atoms with Crippen molar-refractivity contribution in [2.45, 2.75) is 12.8 Å². The monoisotopic (exact) mass is 136 g/mol. The van der Waals surface area contributed by atoms with Crippen LogP contribution in [0.15, 0.2) is 23.5 Å². The second-order valence-electron chi connectivity index (χ2n) is 2.53. The molecule has 2 nitrogen and oxygen atoms in total. The first kappa shape index (κ1) is 5.71. The third-order valence-corrected chi connectivity index (χ3v) is 1.77. The molecule has 0 fully saturated rings. The molecule has 0 spiro atoms. The Morgan fingerprint density at radius 2 is 2.40 bits per heavy atom. The van der Waals surface area contributed by atoms with Crippen molar-refractivity contribution < 1.29 is 9.53 Å². The first-order valence-corrected chi connectivity index (χ1v) is 3.43. The summed E-state index contributed by atoms with van der Waals surface area (Å²) in [5.74, 6) is 1.02. The lowest BCUT2D eigenvalue weighted by atomic mass is 10.1. The lowest BCUT2D eigenvalue weighted by molar-refractivity contribution is -0.118. The van der Waals surface area contributed by atoms with Gasteiger partial charge < -0.3 is 4.74 Å². The van der Waals surface area contributed by atoms with Crippen molar-refractivity contribution in [3.63, 3.8) is 0 Å². The summed E-state index contributed by atoms with van der Waals surface area (Å²) in [6.45, 7) is 0.231. The van der Waals surface area contributed by atoms with Crippen LogP contribution in [0.4, 0.5) is 0 Å². The summed E-state index contributed by atoms with van der Waals surface area (Å²) < 4.78 is 5.16. The van der Waals surface area contributed by atoms with Crippen LogP contribution in [0.25, 0.3) is 0 Å². The fourth-order valence-electron chi connectivity index (χ4n) is 1.29. The smallest absolute Gasteiger partial charge is 0.193 e. The van der Waals surface area contributed by atoms with Crippen LogP contribution < -0.4 is 0 Å². The maximum atomic E-state index is 10.8. The van der Waals surface area contributed by atoms with Crippen LogP contribution in [-0.4, -0.2) is 12.4 Å². The van der Waals surface area contributed by atoms with Gasteiger partial charge in [0.2, 0.25) is 0 Å². The van der Waals surface area contributed by atoms with Crippen LogP contribution in [0.5, 0.6) is 0 Å². The Labute approximate surface area is 59.2 Å². The number of rotatable bonds is 0. The van der Waals surface area contributed by atoms with Crippen LogP contribution in [0.2, 0.25) is 0 Å². The lowest BCUT2D eigenvalue weighted by Crippen LogP contribution is -2.11. The van der Waals surface area contributed by atoms with Gasteiger partial charge in [-0.1, -0.05) is 0 Å². The first-order valence-electron chi connectivity index (χ1n) is 3.43. The zero-order valence-electron chi connectivity index (χ0n) is 5.59. The van der Waals surface area contributed by atoms with Crippen molar-refractivity contribution in [2.24, 2.45) is 0 Å². The van der Waals surface area contributed by atoms with Crippen LogP contribution in [0.3, 0.4) is 0 Å². The van der Waals surface area contributed by atoms with Crippen LogP contribution in [0.1, 0.15) is 12.8 Å². The van der Waals surface area contributed by atoms with Gasteiger partial charge in [0.15, 0.2) is 12.4 Å². The van der Waals surface area contributed by atoms with E-state index in [-0.39, 0.29) is 12.4 Å². The molecule has 10 heavy (non-hydrogen) atoms. The molecule has 0 aromatic heterocycles. The molecule has 2 rings (SSSR count). The number of ketones is 1. The Morgan fingerprint density at radius 3 is 3.30 bits per heavy atom. The molecule has 2 aliphatic rings. The molecule has 0 saturated carbocycles. The quantitative estimate of drug-likeness (QED) is 0.500. The molecule has 0 radical (unpaired) electrons. The fourth-order valence-corrected chi connectivity index (χ4v) is 1.29. The van der Waals surface area contributed by atoms with E-state index in [9.17, 15) is 4.79 Å². The molecule has 0 aromatic rings. The number of ether oxygens (including phenoxy) is 1. The van der Waals surface area contributed by atoms with Crippen molar-refractivity contribution in [1.29, 1.82) is 0 Å². The molecule has 1 aliphatic heterocycles. The third kappa shape index (κ3) is 0.764. The van der Waals surface area contributed by atoms with Crippen molar-refractivity contribution >= 4 is 5.78 Å². The summed E-state index contributed by atoms with van der Waals surface area (Å²) in [5, 5.41) is 0. The van der Waals surface area contributed by atoms with E-state index in [0.717, 1.165) is 24.2 Å². The van der Waals surface area contributed by atoms with Gasteiger partial charge >= 0.3 is 0 Å². The standard InChI is InChI=1S/C8H8O2/c9-7-4-6-2-1-3-8(6)10-5-7/h3-4H,1-2,5H2. The molecular weight excluding hydrogens is 128 g/mol. The summed E-state index contributed by atoms with van der Waals surface area (Å²) >= 11 is 0. The van der Waals surface area contributed by atoms with E-state index in [1.165, 1.54) is 0 Å². The number of carbonyl (C=O) groups excluding carboxylic acids is 1. The molecule has 0 bridgehead atoms. The molecule has 52 valence electrons. The highest BCUT2D eigenvalue weighted by Crippen LogP contribution is 2.27. The Balaban J connectivity index is 2.36. The number of carbonyl (C=O) groups is 1. The average Bonchev–Trinajstić information content (AvgIpc) is 2.33. The SMILES string of the molecule is O=C1C=C2CCC=C2OC1. The fraction of sp³-hybridized carbons (Fsp3) is 0.375. The molecule has 0 saturated heterocycles. The van der Waals surface area contributed by atoms with Gasteiger partial charge in [0.05, 0.1) is 0 Å². The molecule has 0 atom stereocenters. The Morgan fingerprint density at radius 1 is 1.50 bits per heavy atom. The minimum Gasteiger partial charge on any atom is -0.486 e. The molecular formula is C8H8O2. The summed E-state index contributed by atoms with van der Waals surface area (Å²) in [4.78, 5) is 10.8. The molecule has 0 aromatic carbocycles. The predicted molar refractivity (Wildman–Crippen MR) is 36.4 cm³/mol. The normalized spacial score (nSPS) is 23.0. The molecule has 2 heteroatoms. The summed E-state index contributed by atoms with van der Waals surface area (Å²) in [7, 11) is 0. The molecule has 1 heterocycles. The van der Waals surface area contributed by atoms with Gasteiger partial charge in [-0.2, -0.15) is 0 Å². The van der Waals surface area contributed by atoms with Gasteiger partial charge in [-0.25, -0.2) is 0 Å². The minimum atomic E-state index is 0.0917. The van der Waals surface area contributed by atoms with Gasteiger partial charge in [0.1, 0.15) is 5.76 Å². The second-order valence-corrected chi connectivity index (χ2v) is 2.53. The number of hydrogen-bond donors (Lipinski definition) is 0. The van der Waals surface area contributed by atoms with Gasteiger partial charge in [0.25, 0.3) is 0 Å². The van der Waals surface area contributed by atoms with E-state index in [2.05, 4.69) is 0 Å². The average molecular weight is 136 g/mol.